The van der Waals surface area contributed by atoms with E-state index in [1.54, 1.807) is 0 Å². The van der Waals surface area contributed by atoms with Crippen LogP contribution in [0.1, 0.15) is 5.56 Å². The van der Waals surface area contributed by atoms with Gasteiger partial charge in [-0.3, -0.25) is 19.3 Å². The Balaban J connectivity index is 2.18. The third-order valence-corrected chi connectivity index (χ3v) is 2.85. The van der Waals surface area contributed by atoms with E-state index < -0.39 is 5.69 Å². The molecule has 3 rings (SSSR count). The highest BCUT2D eigenvalue weighted by molar-refractivity contribution is 5.69. The van der Waals surface area contributed by atoms with Gasteiger partial charge in [0.05, 0.1) is 6.54 Å². The molecule has 1 aromatic carbocycles. The molecular formula is C12H11N5O2. The number of nitrogen functional groups attached to an aromatic ring is 1. The standard InChI is InChI=1S/C12H11N5O2/c13-11-15-9-8(14-12(19)16-9)10(18)17(11)6-7-4-2-1-3-5-7/h1-5H,6H2,(H2,13,15)(H2,14,16,19). The summed E-state index contributed by atoms with van der Waals surface area (Å²) in [6.45, 7) is 0.307. The lowest BCUT2D eigenvalue weighted by Crippen LogP contribution is -2.25. The second kappa shape index (κ2) is 4.13. The van der Waals surface area contributed by atoms with Gasteiger partial charge in [0.25, 0.3) is 5.56 Å². The number of hydrogen-bond donors (Lipinski definition) is 3. The Labute approximate surface area is 106 Å². The summed E-state index contributed by atoms with van der Waals surface area (Å²) in [6.07, 6.45) is 0. The number of hydrogen-bond acceptors (Lipinski definition) is 4. The highest BCUT2D eigenvalue weighted by atomic mass is 16.1. The molecule has 0 unspecified atom stereocenters. The van der Waals surface area contributed by atoms with Gasteiger partial charge in [0, 0.05) is 0 Å². The molecule has 0 aliphatic carbocycles. The highest BCUT2D eigenvalue weighted by Crippen LogP contribution is 2.06. The molecule has 0 saturated heterocycles. The third kappa shape index (κ3) is 1.90. The lowest BCUT2D eigenvalue weighted by Gasteiger charge is -2.08. The molecule has 4 N–H and O–H groups in total. The molecule has 0 spiro atoms. The highest BCUT2D eigenvalue weighted by Gasteiger charge is 2.11. The molecule has 0 aliphatic heterocycles. The number of aromatic amines is 2. The fraction of sp³-hybridized carbons (Fsp3) is 0.0833. The van der Waals surface area contributed by atoms with Gasteiger partial charge in [-0.1, -0.05) is 30.3 Å². The number of benzene rings is 1. The minimum absolute atomic E-state index is 0.0663. The number of nitrogens with zero attached hydrogens (tertiary/aromatic N) is 2. The Hall–Kier alpha value is -2.83. The zero-order valence-corrected chi connectivity index (χ0v) is 9.88. The maximum Gasteiger partial charge on any atom is 0.325 e. The molecule has 0 saturated carbocycles. The van der Waals surface area contributed by atoms with Crippen molar-refractivity contribution in [2.45, 2.75) is 6.54 Å². The minimum Gasteiger partial charge on any atom is -0.369 e. The summed E-state index contributed by atoms with van der Waals surface area (Å²) < 4.78 is 1.32. The first kappa shape index (κ1) is 11.3. The fourth-order valence-corrected chi connectivity index (χ4v) is 1.95. The van der Waals surface area contributed by atoms with Crippen LogP contribution in [0.5, 0.6) is 0 Å². The molecule has 96 valence electrons. The van der Waals surface area contributed by atoms with E-state index in [0.717, 1.165) is 5.56 Å². The van der Waals surface area contributed by atoms with Crippen molar-refractivity contribution in [3.8, 4) is 0 Å². The smallest absolute Gasteiger partial charge is 0.325 e. The summed E-state index contributed by atoms with van der Waals surface area (Å²) >= 11 is 0. The van der Waals surface area contributed by atoms with E-state index in [1.807, 2.05) is 30.3 Å². The van der Waals surface area contributed by atoms with Crippen molar-refractivity contribution in [3.63, 3.8) is 0 Å². The number of nitrogens with two attached hydrogens (primary N) is 1. The van der Waals surface area contributed by atoms with Crippen LogP contribution in [0.15, 0.2) is 39.9 Å². The Bertz CT molecular complexity index is 844. The Kier molecular flexibility index (Phi) is 2.45. The van der Waals surface area contributed by atoms with Gasteiger partial charge in [-0.05, 0) is 5.56 Å². The lowest BCUT2D eigenvalue weighted by atomic mass is 10.2. The van der Waals surface area contributed by atoms with E-state index >= 15 is 0 Å². The number of anilines is 1. The minimum atomic E-state index is -0.475. The monoisotopic (exact) mass is 257 g/mol. The summed E-state index contributed by atoms with van der Waals surface area (Å²) in [6, 6.07) is 9.41. The molecule has 0 fully saturated rings. The van der Waals surface area contributed by atoms with E-state index in [0.29, 0.717) is 6.54 Å². The predicted octanol–water partition coefficient (Wildman–Crippen LogP) is 0.0434. The number of imidazole rings is 1. The van der Waals surface area contributed by atoms with Crippen LogP contribution in [0.25, 0.3) is 11.2 Å². The average molecular weight is 257 g/mol. The molecule has 7 nitrogen and oxygen atoms in total. The Morgan fingerprint density at radius 2 is 1.89 bits per heavy atom. The van der Waals surface area contributed by atoms with Gasteiger partial charge in [-0.2, -0.15) is 4.98 Å². The lowest BCUT2D eigenvalue weighted by molar-refractivity contribution is 0.761. The van der Waals surface area contributed by atoms with Crippen LogP contribution < -0.4 is 17.0 Å². The van der Waals surface area contributed by atoms with Crippen molar-refractivity contribution in [2.75, 3.05) is 5.73 Å². The van der Waals surface area contributed by atoms with Crippen molar-refractivity contribution < 1.29 is 0 Å². The first-order valence-corrected chi connectivity index (χ1v) is 5.67. The molecule has 7 heteroatoms. The van der Waals surface area contributed by atoms with Gasteiger partial charge in [-0.25, -0.2) is 4.79 Å². The van der Waals surface area contributed by atoms with Crippen LogP contribution in [0.4, 0.5) is 5.95 Å². The maximum atomic E-state index is 12.2. The van der Waals surface area contributed by atoms with Gasteiger partial charge in [0.1, 0.15) is 0 Å². The van der Waals surface area contributed by atoms with E-state index in [-0.39, 0.29) is 22.7 Å². The van der Waals surface area contributed by atoms with Crippen LogP contribution >= 0.6 is 0 Å². The summed E-state index contributed by atoms with van der Waals surface area (Å²) in [4.78, 5) is 32.2. The molecule has 0 aliphatic rings. The number of H-pyrrole nitrogens is 2. The van der Waals surface area contributed by atoms with Gasteiger partial charge in [0.2, 0.25) is 5.95 Å². The number of aromatic nitrogens is 4. The zero-order valence-electron chi connectivity index (χ0n) is 9.88. The molecule has 0 bridgehead atoms. The maximum absolute atomic E-state index is 12.2. The van der Waals surface area contributed by atoms with Crippen LogP contribution in [-0.4, -0.2) is 19.5 Å². The molecule has 0 amide bonds. The Morgan fingerprint density at radius 3 is 2.63 bits per heavy atom. The predicted molar refractivity (Wildman–Crippen MR) is 70.9 cm³/mol. The van der Waals surface area contributed by atoms with Crippen LogP contribution in [0, 0.1) is 0 Å². The van der Waals surface area contributed by atoms with Crippen molar-refractivity contribution in [1.82, 2.24) is 19.5 Å². The summed E-state index contributed by atoms with van der Waals surface area (Å²) in [7, 11) is 0. The molecule has 3 aromatic rings. The van der Waals surface area contributed by atoms with Crippen molar-refractivity contribution in [3.05, 3.63) is 56.7 Å². The third-order valence-electron chi connectivity index (χ3n) is 2.85. The normalized spacial score (nSPS) is 10.9. The van der Waals surface area contributed by atoms with Gasteiger partial charge in [0.15, 0.2) is 11.2 Å². The van der Waals surface area contributed by atoms with Gasteiger partial charge < -0.3 is 5.73 Å². The van der Waals surface area contributed by atoms with Gasteiger partial charge in [-0.15, -0.1) is 0 Å². The second-order valence-electron chi connectivity index (χ2n) is 4.15. The number of rotatable bonds is 2. The average Bonchev–Trinajstić information content (AvgIpc) is 2.76. The molecule has 0 atom stereocenters. The molecule has 2 aromatic heterocycles. The first-order valence-electron chi connectivity index (χ1n) is 5.67. The largest absolute Gasteiger partial charge is 0.369 e. The SMILES string of the molecule is Nc1nc2[nH]c(=O)[nH]c2c(=O)n1Cc1ccccc1. The van der Waals surface area contributed by atoms with Crippen LogP contribution in [0.2, 0.25) is 0 Å². The second-order valence-corrected chi connectivity index (χ2v) is 4.15. The zero-order chi connectivity index (χ0) is 13.4. The van der Waals surface area contributed by atoms with Crippen molar-refractivity contribution >= 4 is 17.1 Å². The molecule has 0 radical (unpaired) electrons. The summed E-state index contributed by atoms with van der Waals surface area (Å²) in [5, 5.41) is 0. The number of fused-ring (bicyclic) bond motifs is 1. The quantitative estimate of drug-likeness (QED) is 0.602. The van der Waals surface area contributed by atoms with E-state index in [9.17, 15) is 9.59 Å². The van der Waals surface area contributed by atoms with Crippen molar-refractivity contribution in [2.24, 2.45) is 0 Å². The van der Waals surface area contributed by atoms with E-state index in [4.69, 9.17) is 5.73 Å². The topological polar surface area (TPSA) is 110 Å². The Morgan fingerprint density at radius 1 is 1.16 bits per heavy atom. The molecule has 19 heavy (non-hydrogen) atoms. The number of nitrogens with one attached hydrogen (secondary N) is 2. The first-order chi connectivity index (χ1) is 9.15. The van der Waals surface area contributed by atoms with Crippen LogP contribution in [0.3, 0.4) is 0 Å². The fourth-order valence-electron chi connectivity index (χ4n) is 1.95. The molecular weight excluding hydrogens is 246 g/mol. The van der Waals surface area contributed by atoms with E-state index in [1.165, 1.54) is 4.57 Å². The van der Waals surface area contributed by atoms with Crippen LogP contribution in [-0.2, 0) is 6.54 Å². The van der Waals surface area contributed by atoms with Gasteiger partial charge >= 0.3 is 5.69 Å². The summed E-state index contributed by atoms with van der Waals surface area (Å²) in [5.41, 5.74) is 6.15. The van der Waals surface area contributed by atoms with E-state index in [2.05, 4.69) is 15.0 Å². The molecule has 2 heterocycles. The summed E-state index contributed by atoms with van der Waals surface area (Å²) in [5.74, 6) is 0.0663. The van der Waals surface area contributed by atoms with Crippen molar-refractivity contribution in [1.29, 1.82) is 0 Å².